The average molecular weight is 449 g/mol. The second kappa shape index (κ2) is 9.32. The summed E-state index contributed by atoms with van der Waals surface area (Å²) in [7, 11) is 0. The van der Waals surface area contributed by atoms with Crippen LogP contribution in [0, 0.1) is 5.92 Å². The van der Waals surface area contributed by atoms with Gasteiger partial charge in [-0.05, 0) is 35.2 Å². The molecule has 2 heterocycles. The summed E-state index contributed by atoms with van der Waals surface area (Å²) in [5.41, 5.74) is 2.55. The zero-order chi connectivity index (χ0) is 22.7. The van der Waals surface area contributed by atoms with Crippen LogP contribution >= 0.6 is 11.6 Å². The first-order chi connectivity index (χ1) is 15.5. The monoisotopic (exact) mass is 448 g/mol. The standard InChI is InChI=1S/C25H21ClN2O4/c26-21-14-16(11-12-27-21)13-20-23(25(31)32)28(24(20)30)22(29)15-19(17-7-3-1-4-8-17)18-9-5-2-6-10-18/h1-12,14,19-20,23H,13,15H2,(H,31,32)/t20-,23+/m1/s1. The second-order valence-corrected chi connectivity index (χ2v) is 8.15. The SMILES string of the molecule is O=C(O)[C@@H]1[C@@H](Cc2ccnc(Cl)c2)C(=O)N1C(=O)CC(c1ccccc1)c1ccccc1. The predicted molar refractivity (Wildman–Crippen MR) is 119 cm³/mol. The minimum Gasteiger partial charge on any atom is -0.480 e. The number of rotatable bonds is 7. The zero-order valence-electron chi connectivity index (χ0n) is 17.1. The Hall–Kier alpha value is -3.51. The third-order valence-electron chi connectivity index (χ3n) is 5.76. The van der Waals surface area contributed by atoms with E-state index < -0.39 is 29.7 Å². The van der Waals surface area contributed by atoms with Gasteiger partial charge >= 0.3 is 5.97 Å². The molecule has 0 radical (unpaired) electrons. The third kappa shape index (κ3) is 4.41. The first-order valence-electron chi connectivity index (χ1n) is 10.2. The maximum atomic E-state index is 13.2. The van der Waals surface area contributed by atoms with Crippen LogP contribution in [0.1, 0.15) is 29.0 Å². The summed E-state index contributed by atoms with van der Waals surface area (Å²) in [6, 6.07) is 21.1. The molecule has 1 saturated heterocycles. The molecule has 1 N–H and O–H groups in total. The van der Waals surface area contributed by atoms with E-state index in [9.17, 15) is 19.5 Å². The van der Waals surface area contributed by atoms with E-state index in [0.717, 1.165) is 16.0 Å². The number of amides is 2. The van der Waals surface area contributed by atoms with Gasteiger partial charge in [-0.2, -0.15) is 0 Å². The smallest absolute Gasteiger partial charge is 0.327 e. The van der Waals surface area contributed by atoms with Crippen molar-refractivity contribution in [1.29, 1.82) is 0 Å². The minimum absolute atomic E-state index is 0.00263. The number of imide groups is 1. The average Bonchev–Trinajstić information content (AvgIpc) is 2.80. The van der Waals surface area contributed by atoms with Gasteiger partial charge < -0.3 is 5.11 Å². The van der Waals surface area contributed by atoms with E-state index in [4.69, 9.17) is 11.6 Å². The van der Waals surface area contributed by atoms with Gasteiger partial charge in [-0.1, -0.05) is 72.3 Å². The molecule has 32 heavy (non-hydrogen) atoms. The molecule has 2 aromatic carbocycles. The molecule has 1 aromatic heterocycles. The van der Waals surface area contributed by atoms with Gasteiger partial charge in [0.05, 0.1) is 5.92 Å². The molecule has 2 amide bonds. The number of carbonyl (C=O) groups is 3. The van der Waals surface area contributed by atoms with Crippen LogP contribution in [0.5, 0.6) is 0 Å². The lowest BCUT2D eigenvalue weighted by Crippen LogP contribution is -2.66. The number of carboxylic acid groups (broad SMARTS) is 1. The maximum absolute atomic E-state index is 13.2. The summed E-state index contributed by atoms with van der Waals surface area (Å²) in [5.74, 6) is -3.27. The van der Waals surface area contributed by atoms with Crippen molar-refractivity contribution in [2.24, 2.45) is 5.92 Å². The van der Waals surface area contributed by atoms with Crippen molar-refractivity contribution in [2.45, 2.75) is 24.8 Å². The lowest BCUT2D eigenvalue weighted by molar-refractivity contribution is -0.177. The van der Waals surface area contributed by atoms with Crippen molar-refractivity contribution in [3.05, 3.63) is 101 Å². The van der Waals surface area contributed by atoms with Crippen LogP contribution in [-0.2, 0) is 20.8 Å². The molecule has 4 rings (SSSR count). The number of aromatic nitrogens is 1. The Labute approximate surface area is 190 Å². The van der Waals surface area contributed by atoms with Crippen molar-refractivity contribution < 1.29 is 19.5 Å². The van der Waals surface area contributed by atoms with Gasteiger partial charge in [0.1, 0.15) is 11.2 Å². The van der Waals surface area contributed by atoms with E-state index in [0.29, 0.717) is 5.56 Å². The van der Waals surface area contributed by atoms with Gasteiger partial charge in [-0.15, -0.1) is 0 Å². The lowest BCUT2D eigenvalue weighted by Gasteiger charge is -2.43. The van der Waals surface area contributed by atoms with Crippen LogP contribution in [0.25, 0.3) is 0 Å². The molecule has 162 valence electrons. The number of carbonyl (C=O) groups excluding carboxylic acids is 2. The Morgan fingerprint density at radius 2 is 1.59 bits per heavy atom. The van der Waals surface area contributed by atoms with Crippen molar-refractivity contribution in [1.82, 2.24) is 9.88 Å². The molecular weight excluding hydrogens is 428 g/mol. The number of likely N-dealkylation sites (tertiary alicyclic amines) is 1. The van der Waals surface area contributed by atoms with Crippen LogP contribution in [0.4, 0.5) is 0 Å². The first kappa shape index (κ1) is 21.7. The molecule has 0 aliphatic carbocycles. The number of β-lactam (4-membered cyclic amide) rings is 1. The van der Waals surface area contributed by atoms with Crippen LogP contribution in [0.3, 0.4) is 0 Å². The Morgan fingerprint density at radius 1 is 1.00 bits per heavy atom. The van der Waals surface area contributed by atoms with Crippen molar-refractivity contribution in [3.8, 4) is 0 Å². The number of aliphatic carboxylic acids is 1. The van der Waals surface area contributed by atoms with Crippen LogP contribution in [-0.4, -0.2) is 38.8 Å². The van der Waals surface area contributed by atoms with E-state index in [2.05, 4.69) is 4.98 Å². The van der Waals surface area contributed by atoms with Crippen molar-refractivity contribution in [2.75, 3.05) is 0 Å². The van der Waals surface area contributed by atoms with E-state index in [1.54, 1.807) is 12.1 Å². The van der Waals surface area contributed by atoms with Gasteiger partial charge in [0.25, 0.3) is 0 Å². The van der Waals surface area contributed by atoms with E-state index in [-0.39, 0.29) is 23.9 Å². The van der Waals surface area contributed by atoms with E-state index >= 15 is 0 Å². The molecule has 1 aliphatic rings. The number of hydrogen-bond acceptors (Lipinski definition) is 4. The molecule has 0 bridgehead atoms. The van der Waals surface area contributed by atoms with Crippen molar-refractivity contribution in [3.63, 3.8) is 0 Å². The molecule has 6 nitrogen and oxygen atoms in total. The number of carboxylic acids is 1. The van der Waals surface area contributed by atoms with E-state index in [1.165, 1.54) is 6.20 Å². The van der Waals surface area contributed by atoms with E-state index in [1.807, 2.05) is 60.7 Å². The highest BCUT2D eigenvalue weighted by atomic mass is 35.5. The second-order valence-electron chi connectivity index (χ2n) is 7.76. The molecule has 2 atom stereocenters. The summed E-state index contributed by atoms with van der Waals surface area (Å²) >= 11 is 5.90. The molecule has 0 saturated carbocycles. The summed E-state index contributed by atoms with van der Waals surface area (Å²) < 4.78 is 0. The highest BCUT2D eigenvalue weighted by molar-refractivity contribution is 6.29. The number of nitrogens with zero attached hydrogens (tertiary/aromatic N) is 2. The minimum atomic E-state index is -1.20. The summed E-state index contributed by atoms with van der Waals surface area (Å²) in [4.78, 5) is 42.8. The predicted octanol–water partition coefficient (Wildman–Crippen LogP) is 3.94. The molecule has 1 fully saturated rings. The van der Waals surface area contributed by atoms with Gasteiger partial charge in [0.15, 0.2) is 0 Å². The molecule has 3 aromatic rings. The molecule has 1 aliphatic heterocycles. The maximum Gasteiger partial charge on any atom is 0.327 e. The highest BCUT2D eigenvalue weighted by Crippen LogP contribution is 2.35. The summed E-state index contributed by atoms with van der Waals surface area (Å²) in [6.45, 7) is 0. The van der Waals surface area contributed by atoms with Gasteiger partial charge in [0.2, 0.25) is 11.8 Å². The van der Waals surface area contributed by atoms with Crippen LogP contribution in [0.2, 0.25) is 5.15 Å². The Kier molecular flexibility index (Phi) is 6.32. The van der Waals surface area contributed by atoms with Gasteiger partial charge in [-0.25, -0.2) is 9.78 Å². The number of hydrogen-bond donors (Lipinski definition) is 1. The quantitative estimate of drug-likeness (QED) is 0.437. The lowest BCUT2D eigenvalue weighted by atomic mass is 9.81. The highest BCUT2D eigenvalue weighted by Gasteiger charge is 2.54. The largest absolute Gasteiger partial charge is 0.480 e. The number of benzene rings is 2. The Bertz CT molecular complexity index is 1100. The normalized spacial score (nSPS) is 17.8. The molecule has 0 unspecified atom stereocenters. The summed E-state index contributed by atoms with van der Waals surface area (Å²) in [5, 5.41) is 10.0. The van der Waals surface area contributed by atoms with Gasteiger partial charge in [0, 0.05) is 18.5 Å². The topological polar surface area (TPSA) is 87.6 Å². The Balaban J connectivity index is 1.56. The molecule has 0 spiro atoms. The third-order valence-corrected chi connectivity index (χ3v) is 5.97. The fraction of sp³-hybridized carbons (Fsp3) is 0.200. The van der Waals surface area contributed by atoms with Crippen LogP contribution in [0.15, 0.2) is 79.0 Å². The van der Waals surface area contributed by atoms with Gasteiger partial charge in [-0.3, -0.25) is 14.5 Å². The fourth-order valence-corrected chi connectivity index (χ4v) is 4.40. The molecule has 7 heteroatoms. The van der Waals surface area contributed by atoms with Crippen LogP contribution < -0.4 is 0 Å². The molecular formula is C25H21ClN2O4. The van der Waals surface area contributed by atoms with Crippen molar-refractivity contribution >= 4 is 29.4 Å². The first-order valence-corrected chi connectivity index (χ1v) is 10.6. The fourth-order valence-electron chi connectivity index (χ4n) is 4.20. The number of pyridine rings is 1. The zero-order valence-corrected chi connectivity index (χ0v) is 17.9. The number of halogens is 1. The Morgan fingerprint density at radius 3 is 2.12 bits per heavy atom. The summed E-state index contributed by atoms with van der Waals surface area (Å²) in [6.07, 6.45) is 1.68.